The summed E-state index contributed by atoms with van der Waals surface area (Å²) in [6.07, 6.45) is 0.449. The number of nitrogens with one attached hydrogen (secondary N) is 1. The first-order chi connectivity index (χ1) is 8.45. The average Bonchev–Trinajstić information content (AvgIpc) is 2.33. The molecule has 0 unspecified atom stereocenters. The first kappa shape index (κ1) is 12.8. The Morgan fingerprint density at radius 2 is 2.00 bits per heavy atom. The van der Waals surface area contributed by atoms with E-state index in [9.17, 15) is 18.1 Å². The lowest BCUT2D eigenvalue weighted by Crippen LogP contribution is -2.44. The molecule has 96 valence electrons. The minimum absolute atomic E-state index is 0.0110. The molecule has 0 atom stereocenters. The van der Waals surface area contributed by atoms with Gasteiger partial charge < -0.3 is 5.32 Å². The monoisotopic (exact) mass is 268 g/mol. The highest BCUT2D eigenvalue weighted by Crippen LogP contribution is 2.27. The number of hydrogen-bond acceptors (Lipinski definition) is 4. The normalized spacial score (nSPS) is 20.9. The fourth-order valence-corrected chi connectivity index (χ4v) is 3.52. The van der Waals surface area contributed by atoms with E-state index in [0.717, 1.165) is 0 Å². The molecule has 0 aliphatic carbocycles. The summed E-state index contributed by atoms with van der Waals surface area (Å²) in [5.41, 5.74) is -0.421. The van der Waals surface area contributed by atoms with Crippen molar-refractivity contribution in [3.63, 3.8) is 0 Å². The lowest BCUT2D eigenvalue weighted by Gasteiger charge is -2.32. The molecule has 6 heteroatoms. The van der Waals surface area contributed by atoms with E-state index in [4.69, 9.17) is 0 Å². The van der Waals surface area contributed by atoms with Crippen LogP contribution < -0.4 is 5.32 Å². The SMILES string of the molecule is N#CC1(Nc2cccc(F)c2)CCS(=O)(=O)CC1. The van der Waals surface area contributed by atoms with Crippen molar-refractivity contribution in [1.82, 2.24) is 0 Å². The molecule has 1 aromatic rings. The number of halogens is 1. The molecule has 18 heavy (non-hydrogen) atoms. The van der Waals surface area contributed by atoms with Gasteiger partial charge in [-0.25, -0.2) is 12.8 Å². The van der Waals surface area contributed by atoms with Gasteiger partial charge in [0.2, 0.25) is 0 Å². The van der Waals surface area contributed by atoms with Gasteiger partial charge in [0.25, 0.3) is 0 Å². The van der Waals surface area contributed by atoms with Crippen molar-refractivity contribution in [2.24, 2.45) is 0 Å². The van der Waals surface area contributed by atoms with Crippen molar-refractivity contribution in [3.8, 4) is 6.07 Å². The van der Waals surface area contributed by atoms with Crippen LogP contribution in [0.25, 0.3) is 0 Å². The van der Waals surface area contributed by atoms with Gasteiger partial charge in [0.1, 0.15) is 11.4 Å². The molecule has 0 spiro atoms. The summed E-state index contributed by atoms with van der Waals surface area (Å²) in [7, 11) is -3.03. The van der Waals surface area contributed by atoms with Crippen LogP contribution in [0.3, 0.4) is 0 Å². The quantitative estimate of drug-likeness (QED) is 0.886. The lowest BCUT2D eigenvalue weighted by molar-refractivity contribution is 0.504. The van der Waals surface area contributed by atoms with E-state index in [-0.39, 0.29) is 24.3 Å². The third-order valence-electron chi connectivity index (χ3n) is 3.10. The minimum Gasteiger partial charge on any atom is -0.367 e. The third kappa shape index (κ3) is 2.79. The zero-order valence-electron chi connectivity index (χ0n) is 9.69. The number of hydrogen-bond donors (Lipinski definition) is 1. The van der Waals surface area contributed by atoms with Gasteiger partial charge in [-0.3, -0.25) is 0 Å². The second-order valence-corrected chi connectivity index (χ2v) is 6.78. The van der Waals surface area contributed by atoms with Gasteiger partial charge >= 0.3 is 0 Å². The van der Waals surface area contributed by atoms with Crippen LogP contribution in [0, 0.1) is 17.1 Å². The summed E-state index contributed by atoms with van der Waals surface area (Å²) in [5.74, 6) is -0.414. The zero-order chi connectivity index (χ0) is 13.2. The molecule has 1 heterocycles. The van der Waals surface area contributed by atoms with Gasteiger partial charge in [-0.2, -0.15) is 5.26 Å². The molecule has 0 saturated carbocycles. The van der Waals surface area contributed by atoms with Crippen molar-refractivity contribution in [2.75, 3.05) is 16.8 Å². The summed E-state index contributed by atoms with van der Waals surface area (Å²) < 4.78 is 35.8. The highest BCUT2D eigenvalue weighted by atomic mass is 32.2. The number of anilines is 1. The Labute approximate surface area is 105 Å². The highest BCUT2D eigenvalue weighted by molar-refractivity contribution is 7.91. The first-order valence-electron chi connectivity index (χ1n) is 5.60. The second kappa shape index (κ2) is 4.58. The molecule has 0 bridgehead atoms. The van der Waals surface area contributed by atoms with Crippen LogP contribution in [0.15, 0.2) is 24.3 Å². The van der Waals surface area contributed by atoms with Crippen LogP contribution in [-0.4, -0.2) is 25.5 Å². The maximum absolute atomic E-state index is 13.1. The summed E-state index contributed by atoms with van der Waals surface area (Å²) >= 11 is 0. The van der Waals surface area contributed by atoms with Crippen molar-refractivity contribution in [1.29, 1.82) is 5.26 Å². The molecule has 1 aliphatic heterocycles. The van der Waals surface area contributed by atoms with Gasteiger partial charge in [-0.05, 0) is 31.0 Å². The van der Waals surface area contributed by atoms with Crippen LogP contribution in [-0.2, 0) is 9.84 Å². The van der Waals surface area contributed by atoms with E-state index >= 15 is 0 Å². The van der Waals surface area contributed by atoms with E-state index in [1.54, 1.807) is 12.1 Å². The van der Waals surface area contributed by atoms with Crippen molar-refractivity contribution in [3.05, 3.63) is 30.1 Å². The Balaban J connectivity index is 2.18. The summed E-state index contributed by atoms with van der Waals surface area (Å²) in [5, 5.41) is 12.2. The first-order valence-corrected chi connectivity index (χ1v) is 7.42. The van der Waals surface area contributed by atoms with E-state index in [1.165, 1.54) is 12.1 Å². The zero-order valence-corrected chi connectivity index (χ0v) is 10.5. The number of nitrogens with zero attached hydrogens (tertiary/aromatic N) is 1. The van der Waals surface area contributed by atoms with Crippen molar-refractivity contribution >= 4 is 15.5 Å². The van der Waals surface area contributed by atoms with Crippen LogP contribution in [0.1, 0.15) is 12.8 Å². The standard InChI is InChI=1S/C12H13FN2O2S/c13-10-2-1-3-11(8-10)15-12(9-14)4-6-18(16,17)7-5-12/h1-3,8,15H,4-7H2. The molecule has 1 aliphatic rings. The molecule has 1 fully saturated rings. The van der Waals surface area contributed by atoms with Crippen molar-refractivity contribution in [2.45, 2.75) is 18.4 Å². The van der Waals surface area contributed by atoms with Gasteiger partial charge in [-0.15, -0.1) is 0 Å². The number of sulfone groups is 1. The van der Waals surface area contributed by atoms with Crippen LogP contribution >= 0.6 is 0 Å². The summed E-state index contributed by atoms with van der Waals surface area (Å²) in [6.45, 7) is 0. The van der Waals surface area contributed by atoms with Gasteiger partial charge in [-0.1, -0.05) is 6.07 Å². The van der Waals surface area contributed by atoms with E-state index in [0.29, 0.717) is 5.69 Å². The Kier molecular flexibility index (Phi) is 3.26. The molecule has 1 N–H and O–H groups in total. The van der Waals surface area contributed by atoms with E-state index in [2.05, 4.69) is 11.4 Å². The summed E-state index contributed by atoms with van der Waals surface area (Å²) in [6, 6.07) is 7.94. The lowest BCUT2D eigenvalue weighted by atomic mass is 9.93. The van der Waals surface area contributed by atoms with E-state index < -0.39 is 21.2 Å². The maximum atomic E-state index is 13.1. The fourth-order valence-electron chi connectivity index (χ4n) is 1.99. The largest absolute Gasteiger partial charge is 0.367 e. The minimum atomic E-state index is -3.03. The number of nitriles is 1. The molecule has 1 saturated heterocycles. The smallest absolute Gasteiger partial charge is 0.150 e. The van der Waals surface area contributed by atoms with E-state index in [1.807, 2.05) is 0 Å². The summed E-state index contributed by atoms with van der Waals surface area (Å²) in [4.78, 5) is 0. The maximum Gasteiger partial charge on any atom is 0.150 e. The molecular formula is C12H13FN2O2S. The van der Waals surface area contributed by atoms with Crippen LogP contribution in [0.2, 0.25) is 0 Å². The molecule has 0 amide bonds. The Hall–Kier alpha value is -1.61. The fraction of sp³-hybridized carbons (Fsp3) is 0.417. The van der Waals surface area contributed by atoms with Crippen LogP contribution in [0.4, 0.5) is 10.1 Å². The van der Waals surface area contributed by atoms with Gasteiger partial charge in [0.05, 0.1) is 17.6 Å². The Morgan fingerprint density at radius 1 is 1.33 bits per heavy atom. The highest BCUT2D eigenvalue weighted by Gasteiger charge is 2.37. The second-order valence-electron chi connectivity index (χ2n) is 4.48. The van der Waals surface area contributed by atoms with Gasteiger partial charge in [0, 0.05) is 5.69 Å². The Morgan fingerprint density at radius 3 is 2.56 bits per heavy atom. The molecule has 2 rings (SSSR count). The average molecular weight is 268 g/mol. The molecule has 0 aromatic heterocycles. The van der Waals surface area contributed by atoms with Crippen LogP contribution in [0.5, 0.6) is 0 Å². The Bertz CT molecular complexity index is 578. The van der Waals surface area contributed by atoms with Gasteiger partial charge in [0.15, 0.2) is 9.84 Å². The molecule has 0 radical (unpaired) electrons. The number of rotatable bonds is 2. The number of benzene rings is 1. The topological polar surface area (TPSA) is 70.0 Å². The molecule has 1 aromatic carbocycles. The van der Waals surface area contributed by atoms with Crippen molar-refractivity contribution < 1.29 is 12.8 Å². The molecular weight excluding hydrogens is 255 g/mol. The third-order valence-corrected chi connectivity index (χ3v) is 4.75. The predicted molar refractivity (Wildman–Crippen MR) is 66.3 cm³/mol. The molecule has 4 nitrogen and oxygen atoms in total. The predicted octanol–water partition coefficient (Wildman–Crippen LogP) is 1.71.